The monoisotopic (exact) mass is 334 g/mol. The third-order valence-electron chi connectivity index (χ3n) is 4.17. The van der Waals surface area contributed by atoms with Gasteiger partial charge in [0.1, 0.15) is 0 Å². The molecule has 1 amide bonds. The number of halogens is 1. The van der Waals surface area contributed by atoms with E-state index in [1.54, 1.807) is 12.1 Å². The van der Waals surface area contributed by atoms with E-state index in [4.69, 9.17) is 21.9 Å². The lowest BCUT2D eigenvalue weighted by atomic mass is 10.00. The molecule has 2 aromatic rings. The van der Waals surface area contributed by atoms with Crippen molar-refractivity contribution >= 4 is 17.5 Å². The van der Waals surface area contributed by atoms with Crippen LogP contribution in [-0.4, -0.2) is 22.1 Å². The van der Waals surface area contributed by atoms with Crippen LogP contribution in [-0.2, 0) is 11.3 Å². The molecule has 1 aliphatic carbocycles. The fourth-order valence-corrected chi connectivity index (χ4v) is 2.97. The van der Waals surface area contributed by atoms with Crippen LogP contribution < -0.4 is 11.1 Å². The predicted octanol–water partition coefficient (Wildman–Crippen LogP) is 2.52. The van der Waals surface area contributed by atoms with Crippen LogP contribution in [0.3, 0.4) is 0 Å². The van der Waals surface area contributed by atoms with Crippen molar-refractivity contribution in [3.63, 3.8) is 0 Å². The van der Waals surface area contributed by atoms with Crippen LogP contribution in [0.25, 0.3) is 11.4 Å². The van der Waals surface area contributed by atoms with E-state index in [-0.39, 0.29) is 24.4 Å². The Morgan fingerprint density at radius 3 is 2.83 bits per heavy atom. The van der Waals surface area contributed by atoms with Crippen LogP contribution in [0.15, 0.2) is 28.8 Å². The van der Waals surface area contributed by atoms with Crippen molar-refractivity contribution < 1.29 is 9.32 Å². The standard InChI is InChI=1S/C16H19ClN4O2/c17-12-6-4-10(5-7-12)16-20-15(23-21-16)9-19-14(22)8-11-2-1-3-13(11)18/h4-7,11,13H,1-3,8-9,18H2,(H,19,22)/t11-,13+/m0/s1. The molecule has 0 aliphatic heterocycles. The van der Waals surface area contributed by atoms with E-state index in [1.807, 2.05) is 12.1 Å². The molecule has 3 N–H and O–H groups in total. The number of nitrogens with zero attached hydrogens (tertiary/aromatic N) is 2. The van der Waals surface area contributed by atoms with Gasteiger partial charge in [-0.1, -0.05) is 23.2 Å². The second-order valence-corrected chi connectivity index (χ2v) is 6.29. The van der Waals surface area contributed by atoms with Crippen molar-refractivity contribution in [2.24, 2.45) is 11.7 Å². The summed E-state index contributed by atoms with van der Waals surface area (Å²) in [4.78, 5) is 16.2. The number of hydrogen-bond donors (Lipinski definition) is 2. The molecule has 1 aliphatic rings. The number of carbonyl (C=O) groups is 1. The predicted molar refractivity (Wildman–Crippen MR) is 86.5 cm³/mol. The van der Waals surface area contributed by atoms with E-state index in [0.717, 1.165) is 24.8 Å². The molecule has 1 aromatic heterocycles. The smallest absolute Gasteiger partial charge is 0.246 e. The average molecular weight is 335 g/mol. The minimum absolute atomic E-state index is 0.0291. The van der Waals surface area contributed by atoms with Gasteiger partial charge in [-0.15, -0.1) is 0 Å². The summed E-state index contributed by atoms with van der Waals surface area (Å²) in [7, 11) is 0. The molecule has 1 heterocycles. The first-order valence-electron chi connectivity index (χ1n) is 7.72. The van der Waals surface area contributed by atoms with Gasteiger partial charge in [-0.25, -0.2) is 0 Å². The highest BCUT2D eigenvalue weighted by Crippen LogP contribution is 2.26. The fourth-order valence-electron chi connectivity index (χ4n) is 2.85. The van der Waals surface area contributed by atoms with Gasteiger partial charge in [0.05, 0.1) is 6.54 Å². The summed E-state index contributed by atoms with van der Waals surface area (Å²) in [6.07, 6.45) is 3.59. The first-order chi connectivity index (χ1) is 11.1. The van der Waals surface area contributed by atoms with Crippen molar-refractivity contribution in [3.05, 3.63) is 35.2 Å². The van der Waals surface area contributed by atoms with Crippen molar-refractivity contribution in [1.82, 2.24) is 15.5 Å². The van der Waals surface area contributed by atoms with Gasteiger partial charge in [0, 0.05) is 23.0 Å². The number of carbonyl (C=O) groups excluding carboxylic acids is 1. The Labute approximate surface area is 139 Å². The Morgan fingerprint density at radius 1 is 1.35 bits per heavy atom. The zero-order valence-electron chi connectivity index (χ0n) is 12.7. The Balaban J connectivity index is 1.53. The molecule has 23 heavy (non-hydrogen) atoms. The van der Waals surface area contributed by atoms with Crippen LogP contribution in [0.1, 0.15) is 31.6 Å². The van der Waals surface area contributed by atoms with Crippen molar-refractivity contribution in [2.75, 3.05) is 0 Å². The summed E-state index contributed by atoms with van der Waals surface area (Å²) in [6.45, 7) is 0.224. The van der Waals surface area contributed by atoms with Gasteiger partial charge < -0.3 is 15.6 Å². The van der Waals surface area contributed by atoms with E-state index < -0.39 is 0 Å². The highest BCUT2D eigenvalue weighted by Gasteiger charge is 2.26. The molecule has 1 aromatic carbocycles. The first kappa shape index (κ1) is 16.0. The Hall–Kier alpha value is -1.92. The molecule has 1 fully saturated rings. The quantitative estimate of drug-likeness (QED) is 0.876. The Kier molecular flexibility index (Phi) is 4.93. The number of nitrogens with two attached hydrogens (primary N) is 1. The van der Waals surface area contributed by atoms with E-state index in [9.17, 15) is 4.79 Å². The SMILES string of the molecule is N[C@@H]1CCC[C@H]1CC(=O)NCc1nc(-c2ccc(Cl)cc2)no1. The summed E-state index contributed by atoms with van der Waals surface area (Å²) in [5.41, 5.74) is 6.80. The molecule has 0 saturated heterocycles. The number of hydrogen-bond acceptors (Lipinski definition) is 5. The molecule has 0 spiro atoms. The van der Waals surface area contributed by atoms with Crippen LogP contribution in [0.2, 0.25) is 5.02 Å². The van der Waals surface area contributed by atoms with Crippen LogP contribution >= 0.6 is 11.6 Å². The molecule has 6 nitrogen and oxygen atoms in total. The Morgan fingerprint density at radius 2 is 2.13 bits per heavy atom. The van der Waals surface area contributed by atoms with E-state index >= 15 is 0 Å². The van der Waals surface area contributed by atoms with Gasteiger partial charge in [0.15, 0.2) is 0 Å². The first-order valence-corrected chi connectivity index (χ1v) is 8.10. The maximum Gasteiger partial charge on any atom is 0.246 e. The molecule has 0 unspecified atom stereocenters. The lowest BCUT2D eigenvalue weighted by Crippen LogP contribution is -2.31. The number of aromatic nitrogens is 2. The minimum Gasteiger partial charge on any atom is -0.347 e. The van der Waals surface area contributed by atoms with Crippen LogP contribution in [0.4, 0.5) is 0 Å². The summed E-state index contributed by atoms with van der Waals surface area (Å²) in [5.74, 6) is 1.10. The van der Waals surface area contributed by atoms with Crippen molar-refractivity contribution in [1.29, 1.82) is 0 Å². The molecule has 1 saturated carbocycles. The van der Waals surface area contributed by atoms with Gasteiger partial charge in [0.25, 0.3) is 0 Å². The molecule has 7 heteroatoms. The van der Waals surface area contributed by atoms with Crippen molar-refractivity contribution in [2.45, 2.75) is 38.3 Å². The average Bonchev–Trinajstić information content (AvgIpc) is 3.16. The molecule has 0 radical (unpaired) electrons. The Bertz CT molecular complexity index is 671. The fraction of sp³-hybridized carbons (Fsp3) is 0.438. The molecule has 3 rings (SSSR count). The summed E-state index contributed by atoms with van der Waals surface area (Å²) in [5, 5.41) is 7.37. The zero-order valence-corrected chi connectivity index (χ0v) is 13.4. The van der Waals surface area contributed by atoms with Gasteiger partial charge in [-0.05, 0) is 43.0 Å². The van der Waals surface area contributed by atoms with Gasteiger partial charge >= 0.3 is 0 Å². The zero-order chi connectivity index (χ0) is 16.2. The normalized spacial score (nSPS) is 20.6. The molecular formula is C16H19ClN4O2. The number of amides is 1. The van der Waals surface area contributed by atoms with Crippen LogP contribution in [0, 0.1) is 5.92 Å². The summed E-state index contributed by atoms with van der Waals surface area (Å²) < 4.78 is 5.16. The van der Waals surface area contributed by atoms with Crippen molar-refractivity contribution in [3.8, 4) is 11.4 Å². The second-order valence-electron chi connectivity index (χ2n) is 5.85. The van der Waals surface area contributed by atoms with Gasteiger partial charge in [0.2, 0.25) is 17.6 Å². The van der Waals surface area contributed by atoms with E-state index in [0.29, 0.717) is 23.2 Å². The topological polar surface area (TPSA) is 94.0 Å². The van der Waals surface area contributed by atoms with E-state index in [2.05, 4.69) is 15.5 Å². The highest BCUT2D eigenvalue weighted by molar-refractivity contribution is 6.30. The molecule has 122 valence electrons. The maximum absolute atomic E-state index is 12.0. The summed E-state index contributed by atoms with van der Waals surface area (Å²) in [6, 6.07) is 7.30. The minimum atomic E-state index is -0.0291. The lowest BCUT2D eigenvalue weighted by Gasteiger charge is -2.14. The highest BCUT2D eigenvalue weighted by atomic mass is 35.5. The second kappa shape index (κ2) is 7.10. The van der Waals surface area contributed by atoms with E-state index in [1.165, 1.54) is 0 Å². The van der Waals surface area contributed by atoms with Gasteiger partial charge in [-0.3, -0.25) is 4.79 Å². The van der Waals surface area contributed by atoms with Gasteiger partial charge in [-0.2, -0.15) is 4.98 Å². The molecule has 2 atom stereocenters. The third-order valence-corrected chi connectivity index (χ3v) is 4.42. The third kappa shape index (κ3) is 4.09. The summed E-state index contributed by atoms with van der Waals surface area (Å²) >= 11 is 5.85. The number of rotatable bonds is 5. The maximum atomic E-state index is 12.0. The van der Waals surface area contributed by atoms with Crippen LogP contribution in [0.5, 0.6) is 0 Å². The molecule has 0 bridgehead atoms. The number of nitrogens with one attached hydrogen (secondary N) is 1. The number of benzene rings is 1. The lowest BCUT2D eigenvalue weighted by molar-refractivity contribution is -0.122. The molecular weight excluding hydrogens is 316 g/mol. The largest absolute Gasteiger partial charge is 0.347 e.